The van der Waals surface area contributed by atoms with Crippen molar-refractivity contribution in [3.05, 3.63) is 22.4 Å². The van der Waals surface area contributed by atoms with Crippen molar-refractivity contribution in [1.82, 2.24) is 0 Å². The fraction of sp³-hybridized carbons (Fsp3) is 0.667. The second-order valence-electron chi connectivity index (χ2n) is 5.07. The van der Waals surface area contributed by atoms with E-state index in [1.165, 1.54) is 4.88 Å². The summed E-state index contributed by atoms with van der Waals surface area (Å²) in [7, 11) is 0. The normalized spacial score (nSPS) is 16.3. The molecule has 3 heteroatoms. The summed E-state index contributed by atoms with van der Waals surface area (Å²) in [5, 5.41) is 12.5. The van der Waals surface area contributed by atoms with Crippen LogP contribution in [0.1, 0.15) is 32.1 Å². The lowest BCUT2D eigenvalue weighted by Crippen LogP contribution is -2.49. The maximum atomic E-state index is 10.4. The molecule has 0 aromatic carbocycles. The van der Waals surface area contributed by atoms with Gasteiger partial charge in [-0.25, -0.2) is 0 Å². The molecule has 0 bridgehead atoms. The van der Waals surface area contributed by atoms with E-state index < -0.39 is 5.60 Å². The van der Waals surface area contributed by atoms with E-state index in [0.29, 0.717) is 6.54 Å². The van der Waals surface area contributed by atoms with E-state index >= 15 is 0 Å². The van der Waals surface area contributed by atoms with Crippen molar-refractivity contribution in [1.29, 1.82) is 0 Å². The molecule has 0 fully saturated rings. The summed E-state index contributed by atoms with van der Waals surface area (Å²) in [5.74, 6) is 0. The molecule has 1 atom stereocenters. The van der Waals surface area contributed by atoms with Crippen LogP contribution < -0.4 is 5.73 Å². The summed E-state index contributed by atoms with van der Waals surface area (Å²) in [6, 6.07) is 4.14. The standard InChI is InChI=1S/C12H21NOS/c1-11(2,3)12(14,9-13)7-6-10-5-4-8-15-10/h4-5,8,14H,6-7,9,13H2,1-3H3. The lowest BCUT2D eigenvalue weighted by atomic mass is 9.74. The predicted octanol–water partition coefficient (Wildman–Crippen LogP) is 2.42. The molecule has 0 saturated heterocycles. The second-order valence-corrected chi connectivity index (χ2v) is 6.10. The number of nitrogens with two attached hydrogens (primary N) is 1. The molecule has 1 aromatic rings. The van der Waals surface area contributed by atoms with Crippen molar-refractivity contribution in [3.8, 4) is 0 Å². The van der Waals surface area contributed by atoms with Crippen molar-refractivity contribution < 1.29 is 5.11 Å². The van der Waals surface area contributed by atoms with Gasteiger partial charge in [-0.1, -0.05) is 26.8 Å². The van der Waals surface area contributed by atoms with E-state index in [-0.39, 0.29) is 5.41 Å². The van der Waals surface area contributed by atoms with Crippen LogP contribution in [0.15, 0.2) is 17.5 Å². The van der Waals surface area contributed by atoms with E-state index in [9.17, 15) is 5.11 Å². The Balaban J connectivity index is 2.62. The van der Waals surface area contributed by atoms with Crippen LogP contribution in [-0.2, 0) is 6.42 Å². The zero-order valence-electron chi connectivity index (χ0n) is 9.79. The molecule has 1 unspecified atom stereocenters. The zero-order valence-corrected chi connectivity index (χ0v) is 10.6. The Morgan fingerprint density at radius 3 is 2.47 bits per heavy atom. The minimum atomic E-state index is -0.767. The second kappa shape index (κ2) is 4.64. The Morgan fingerprint density at radius 2 is 2.07 bits per heavy atom. The predicted molar refractivity (Wildman–Crippen MR) is 66.1 cm³/mol. The number of rotatable bonds is 4. The molecule has 0 radical (unpaired) electrons. The molecule has 1 rings (SSSR count). The molecule has 15 heavy (non-hydrogen) atoms. The Bertz CT molecular complexity index is 289. The SMILES string of the molecule is CC(C)(C)C(O)(CN)CCc1cccs1. The molecule has 3 N–H and O–H groups in total. The molecule has 0 saturated carbocycles. The fourth-order valence-corrected chi connectivity index (χ4v) is 2.28. The number of hydrogen-bond donors (Lipinski definition) is 2. The molecule has 0 aliphatic heterocycles. The average molecular weight is 227 g/mol. The van der Waals surface area contributed by atoms with Gasteiger partial charge < -0.3 is 10.8 Å². The number of aliphatic hydroxyl groups is 1. The van der Waals surface area contributed by atoms with Gasteiger partial charge in [-0.15, -0.1) is 11.3 Å². The maximum Gasteiger partial charge on any atom is 0.0820 e. The summed E-state index contributed by atoms with van der Waals surface area (Å²) < 4.78 is 0. The molecule has 1 heterocycles. The summed E-state index contributed by atoms with van der Waals surface area (Å²) in [6.45, 7) is 6.43. The lowest BCUT2D eigenvalue weighted by molar-refractivity contribution is -0.0558. The topological polar surface area (TPSA) is 46.2 Å². The zero-order chi connectivity index (χ0) is 11.5. The van der Waals surface area contributed by atoms with Crippen molar-refractivity contribution in [2.24, 2.45) is 11.1 Å². The van der Waals surface area contributed by atoms with Crippen LogP contribution in [0.4, 0.5) is 0 Å². The van der Waals surface area contributed by atoms with E-state index in [1.807, 2.05) is 26.8 Å². The molecule has 0 aliphatic carbocycles. The van der Waals surface area contributed by atoms with E-state index in [4.69, 9.17) is 5.73 Å². The van der Waals surface area contributed by atoms with Crippen molar-refractivity contribution >= 4 is 11.3 Å². The molecule has 0 amide bonds. The van der Waals surface area contributed by atoms with Gasteiger partial charge in [-0.05, 0) is 29.7 Å². The molecule has 2 nitrogen and oxygen atoms in total. The van der Waals surface area contributed by atoms with Crippen LogP contribution in [0, 0.1) is 5.41 Å². The van der Waals surface area contributed by atoms with Gasteiger partial charge >= 0.3 is 0 Å². The molecule has 86 valence electrons. The maximum absolute atomic E-state index is 10.4. The van der Waals surface area contributed by atoms with Gasteiger partial charge in [0, 0.05) is 11.4 Å². The Morgan fingerprint density at radius 1 is 1.40 bits per heavy atom. The molecule has 0 aliphatic rings. The van der Waals surface area contributed by atoms with Crippen LogP contribution in [-0.4, -0.2) is 17.3 Å². The molecule has 1 aromatic heterocycles. The smallest absolute Gasteiger partial charge is 0.0820 e. The van der Waals surface area contributed by atoms with Gasteiger partial charge in [0.25, 0.3) is 0 Å². The van der Waals surface area contributed by atoms with Gasteiger partial charge in [-0.2, -0.15) is 0 Å². The highest BCUT2D eigenvalue weighted by molar-refractivity contribution is 7.09. The third kappa shape index (κ3) is 3.03. The number of hydrogen-bond acceptors (Lipinski definition) is 3. The Hall–Kier alpha value is -0.380. The first-order valence-corrected chi connectivity index (χ1v) is 6.22. The molecular formula is C12H21NOS. The summed E-state index contributed by atoms with van der Waals surface area (Å²) >= 11 is 1.73. The third-order valence-electron chi connectivity index (χ3n) is 3.10. The van der Waals surface area contributed by atoms with Gasteiger partial charge in [0.05, 0.1) is 5.60 Å². The van der Waals surface area contributed by atoms with Crippen LogP contribution in [0.25, 0.3) is 0 Å². The monoisotopic (exact) mass is 227 g/mol. The first-order valence-electron chi connectivity index (χ1n) is 5.34. The first kappa shape index (κ1) is 12.7. The minimum Gasteiger partial charge on any atom is -0.388 e. The van der Waals surface area contributed by atoms with Crippen LogP contribution in [0.5, 0.6) is 0 Å². The van der Waals surface area contributed by atoms with Gasteiger partial charge in [0.2, 0.25) is 0 Å². The van der Waals surface area contributed by atoms with Crippen LogP contribution in [0.2, 0.25) is 0 Å². The lowest BCUT2D eigenvalue weighted by Gasteiger charge is -2.39. The van der Waals surface area contributed by atoms with Crippen molar-refractivity contribution in [3.63, 3.8) is 0 Å². The quantitative estimate of drug-likeness (QED) is 0.830. The van der Waals surface area contributed by atoms with Gasteiger partial charge in [-0.3, -0.25) is 0 Å². The highest BCUT2D eigenvalue weighted by atomic mass is 32.1. The van der Waals surface area contributed by atoms with Crippen LogP contribution >= 0.6 is 11.3 Å². The van der Waals surface area contributed by atoms with Crippen LogP contribution in [0.3, 0.4) is 0 Å². The van der Waals surface area contributed by atoms with E-state index in [1.54, 1.807) is 11.3 Å². The highest BCUT2D eigenvalue weighted by Gasteiger charge is 2.38. The molecule has 0 spiro atoms. The van der Waals surface area contributed by atoms with Crippen molar-refractivity contribution in [2.45, 2.75) is 39.2 Å². The summed E-state index contributed by atoms with van der Waals surface area (Å²) in [5.41, 5.74) is 4.75. The number of aryl methyl sites for hydroxylation is 1. The van der Waals surface area contributed by atoms with Gasteiger partial charge in [0.15, 0.2) is 0 Å². The van der Waals surface area contributed by atoms with Gasteiger partial charge in [0.1, 0.15) is 0 Å². The third-order valence-corrected chi connectivity index (χ3v) is 4.04. The number of thiophene rings is 1. The minimum absolute atomic E-state index is 0.168. The summed E-state index contributed by atoms with van der Waals surface area (Å²) in [6.07, 6.45) is 1.64. The Labute approximate surface area is 96.1 Å². The van der Waals surface area contributed by atoms with E-state index in [0.717, 1.165) is 12.8 Å². The first-order chi connectivity index (χ1) is 6.89. The summed E-state index contributed by atoms with van der Waals surface area (Å²) in [4.78, 5) is 1.31. The van der Waals surface area contributed by atoms with E-state index in [2.05, 4.69) is 11.4 Å². The highest BCUT2D eigenvalue weighted by Crippen LogP contribution is 2.33. The Kier molecular flexibility index (Phi) is 3.93. The fourth-order valence-electron chi connectivity index (χ4n) is 1.57. The molecular weight excluding hydrogens is 206 g/mol. The average Bonchev–Trinajstić information content (AvgIpc) is 2.64. The largest absolute Gasteiger partial charge is 0.388 e. The van der Waals surface area contributed by atoms with Crippen molar-refractivity contribution in [2.75, 3.05) is 6.54 Å².